The SMILES string of the molecule is O=[N+]([O-])c1cccc(C2NC(c3cccc([N+](=O)[O-])c3)c3c(ccc4ccccc34)O2)c1. The van der Waals surface area contributed by atoms with Crippen LogP contribution in [0.2, 0.25) is 0 Å². The Kier molecular flexibility index (Phi) is 4.76. The molecule has 5 rings (SSSR count). The average Bonchev–Trinajstić information content (AvgIpc) is 2.83. The first-order valence-electron chi connectivity index (χ1n) is 9.94. The molecule has 1 aliphatic rings. The van der Waals surface area contributed by atoms with E-state index in [1.54, 1.807) is 24.3 Å². The van der Waals surface area contributed by atoms with E-state index in [0.717, 1.165) is 16.3 Å². The van der Waals surface area contributed by atoms with Crippen LogP contribution in [-0.2, 0) is 0 Å². The monoisotopic (exact) mass is 427 g/mol. The van der Waals surface area contributed by atoms with Crippen LogP contribution >= 0.6 is 0 Å². The summed E-state index contributed by atoms with van der Waals surface area (Å²) in [6, 6.07) is 24.0. The molecule has 0 saturated carbocycles. The van der Waals surface area contributed by atoms with Gasteiger partial charge in [0, 0.05) is 35.4 Å². The topological polar surface area (TPSA) is 108 Å². The Morgan fingerprint density at radius 3 is 2.12 bits per heavy atom. The number of nitro groups is 2. The molecule has 0 radical (unpaired) electrons. The lowest BCUT2D eigenvalue weighted by Gasteiger charge is -2.35. The van der Waals surface area contributed by atoms with Gasteiger partial charge in [0.15, 0.2) is 6.23 Å². The van der Waals surface area contributed by atoms with Crippen LogP contribution < -0.4 is 10.1 Å². The molecule has 8 nitrogen and oxygen atoms in total. The lowest BCUT2D eigenvalue weighted by molar-refractivity contribution is -0.385. The van der Waals surface area contributed by atoms with Crippen molar-refractivity contribution in [3.63, 3.8) is 0 Å². The van der Waals surface area contributed by atoms with Gasteiger partial charge < -0.3 is 4.74 Å². The second kappa shape index (κ2) is 7.75. The van der Waals surface area contributed by atoms with Gasteiger partial charge in [0.1, 0.15) is 5.75 Å². The Morgan fingerprint density at radius 2 is 1.41 bits per heavy atom. The molecule has 0 amide bonds. The highest BCUT2D eigenvalue weighted by Crippen LogP contribution is 2.43. The van der Waals surface area contributed by atoms with Crippen molar-refractivity contribution in [1.82, 2.24) is 5.32 Å². The van der Waals surface area contributed by atoms with Crippen molar-refractivity contribution in [3.8, 4) is 5.75 Å². The summed E-state index contributed by atoms with van der Waals surface area (Å²) in [6.45, 7) is 0. The standard InChI is InChI=1S/C24H17N3O5/c28-26(29)18-8-3-6-16(13-18)23-22-20-10-2-1-5-15(20)11-12-21(22)32-24(25-23)17-7-4-9-19(14-17)27(30)31/h1-14,23-25H. The molecule has 0 saturated heterocycles. The van der Waals surface area contributed by atoms with Crippen LogP contribution in [0, 0.1) is 20.2 Å². The van der Waals surface area contributed by atoms with Crippen LogP contribution in [0.25, 0.3) is 10.8 Å². The molecule has 1 aliphatic heterocycles. The number of benzene rings is 4. The van der Waals surface area contributed by atoms with E-state index in [2.05, 4.69) is 5.32 Å². The smallest absolute Gasteiger partial charge is 0.269 e. The van der Waals surface area contributed by atoms with Gasteiger partial charge in [-0.2, -0.15) is 0 Å². The van der Waals surface area contributed by atoms with Crippen LogP contribution in [0.3, 0.4) is 0 Å². The molecular formula is C24H17N3O5. The number of fused-ring (bicyclic) bond motifs is 3. The Balaban J connectivity index is 1.68. The first-order chi connectivity index (χ1) is 15.5. The highest BCUT2D eigenvalue weighted by Gasteiger charge is 2.32. The lowest BCUT2D eigenvalue weighted by Crippen LogP contribution is -2.35. The highest BCUT2D eigenvalue weighted by atomic mass is 16.6. The van der Waals surface area contributed by atoms with Crippen LogP contribution in [-0.4, -0.2) is 9.85 Å². The lowest BCUT2D eigenvalue weighted by atomic mass is 9.91. The summed E-state index contributed by atoms with van der Waals surface area (Å²) in [5, 5.41) is 28.0. The van der Waals surface area contributed by atoms with Crippen molar-refractivity contribution in [2.45, 2.75) is 12.3 Å². The summed E-state index contributed by atoms with van der Waals surface area (Å²) in [6.07, 6.45) is -0.673. The largest absolute Gasteiger partial charge is 0.471 e. The molecule has 0 bridgehead atoms. The Morgan fingerprint density at radius 1 is 0.750 bits per heavy atom. The molecule has 0 spiro atoms. The summed E-state index contributed by atoms with van der Waals surface area (Å²) in [5.41, 5.74) is 2.11. The number of hydrogen-bond donors (Lipinski definition) is 1. The molecule has 0 aliphatic carbocycles. The molecule has 4 aromatic rings. The third kappa shape index (κ3) is 3.42. The van der Waals surface area contributed by atoms with Crippen LogP contribution in [0.5, 0.6) is 5.75 Å². The van der Waals surface area contributed by atoms with Gasteiger partial charge in [-0.25, -0.2) is 0 Å². The van der Waals surface area contributed by atoms with Crippen molar-refractivity contribution < 1.29 is 14.6 Å². The Bertz CT molecular complexity index is 1370. The van der Waals surface area contributed by atoms with E-state index in [9.17, 15) is 20.2 Å². The van der Waals surface area contributed by atoms with Crippen LogP contribution in [0.15, 0.2) is 84.9 Å². The third-order valence-electron chi connectivity index (χ3n) is 5.58. The molecule has 2 atom stereocenters. The number of nitrogens with one attached hydrogen (secondary N) is 1. The van der Waals surface area contributed by atoms with Gasteiger partial charge in [-0.15, -0.1) is 0 Å². The van der Waals surface area contributed by atoms with Crippen molar-refractivity contribution in [3.05, 3.63) is 122 Å². The van der Waals surface area contributed by atoms with E-state index < -0.39 is 22.1 Å². The number of nitro benzene ring substituents is 2. The molecule has 8 heteroatoms. The van der Waals surface area contributed by atoms with E-state index in [-0.39, 0.29) is 11.4 Å². The van der Waals surface area contributed by atoms with Gasteiger partial charge >= 0.3 is 0 Å². The minimum absolute atomic E-state index is 0.00974. The quantitative estimate of drug-likeness (QED) is 0.344. The fourth-order valence-electron chi connectivity index (χ4n) is 4.12. The molecule has 1 heterocycles. The Hall–Kier alpha value is -4.30. The van der Waals surface area contributed by atoms with Crippen molar-refractivity contribution in [2.24, 2.45) is 0 Å². The third-order valence-corrected chi connectivity index (χ3v) is 5.58. The molecule has 0 fully saturated rings. The van der Waals surface area contributed by atoms with Crippen LogP contribution in [0.4, 0.5) is 11.4 Å². The van der Waals surface area contributed by atoms with E-state index in [1.807, 2.05) is 42.5 Å². The number of non-ortho nitro benzene ring substituents is 2. The van der Waals surface area contributed by atoms with E-state index in [0.29, 0.717) is 16.9 Å². The molecule has 2 unspecified atom stereocenters. The number of ether oxygens (including phenoxy) is 1. The number of rotatable bonds is 4. The van der Waals surface area contributed by atoms with E-state index in [4.69, 9.17) is 4.74 Å². The summed E-state index contributed by atoms with van der Waals surface area (Å²) in [4.78, 5) is 21.7. The van der Waals surface area contributed by atoms with Gasteiger partial charge in [-0.05, 0) is 22.4 Å². The zero-order chi connectivity index (χ0) is 22.2. The fraction of sp³-hybridized carbons (Fsp3) is 0.0833. The van der Waals surface area contributed by atoms with Gasteiger partial charge in [0.25, 0.3) is 11.4 Å². The predicted molar refractivity (Wildman–Crippen MR) is 118 cm³/mol. The minimum atomic E-state index is -0.673. The minimum Gasteiger partial charge on any atom is -0.471 e. The normalized spacial score (nSPS) is 17.4. The molecule has 158 valence electrons. The summed E-state index contributed by atoms with van der Waals surface area (Å²) in [5.74, 6) is 0.621. The molecule has 4 aromatic carbocycles. The maximum absolute atomic E-state index is 11.4. The van der Waals surface area contributed by atoms with Crippen LogP contribution in [0.1, 0.15) is 29.0 Å². The first kappa shape index (κ1) is 19.7. The molecule has 1 N–H and O–H groups in total. The van der Waals surface area contributed by atoms with Crippen molar-refractivity contribution in [2.75, 3.05) is 0 Å². The summed E-state index contributed by atoms with van der Waals surface area (Å²) < 4.78 is 6.22. The van der Waals surface area contributed by atoms with Gasteiger partial charge in [0.05, 0.1) is 15.9 Å². The second-order valence-corrected chi connectivity index (χ2v) is 7.50. The number of hydrogen-bond acceptors (Lipinski definition) is 6. The fourth-order valence-corrected chi connectivity index (χ4v) is 4.12. The zero-order valence-corrected chi connectivity index (χ0v) is 16.7. The maximum atomic E-state index is 11.4. The average molecular weight is 427 g/mol. The maximum Gasteiger partial charge on any atom is 0.269 e. The van der Waals surface area contributed by atoms with Gasteiger partial charge in [-0.3, -0.25) is 25.5 Å². The molecular weight excluding hydrogens is 410 g/mol. The first-order valence-corrected chi connectivity index (χ1v) is 9.94. The van der Waals surface area contributed by atoms with Gasteiger partial charge in [-0.1, -0.05) is 54.6 Å². The molecule has 32 heavy (non-hydrogen) atoms. The van der Waals surface area contributed by atoms with Crippen molar-refractivity contribution in [1.29, 1.82) is 0 Å². The van der Waals surface area contributed by atoms with Gasteiger partial charge in [0.2, 0.25) is 0 Å². The van der Waals surface area contributed by atoms with E-state index in [1.165, 1.54) is 18.2 Å². The Labute approximate surface area is 182 Å². The molecule has 0 aromatic heterocycles. The predicted octanol–water partition coefficient (Wildman–Crippen LogP) is 5.43. The summed E-state index contributed by atoms with van der Waals surface area (Å²) >= 11 is 0. The van der Waals surface area contributed by atoms with E-state index >= 15 is 0 Å². The zero-order valence-electron chi connectivity index (χ0n) is 16.7. The summed E-state index contributed by atoms with van der Waals surface area (Å²) in [7, 11) is 0. The number of nitrogens with zero attached hydrogens (tertiary/aromatic N) is 2. The second-order valence-electron chi connectivity index (χ2n) is 7.50. The van der Waals surface area contributed by atoms with Crippen molar-refractivity contribution >= 4 is 22.1 Å². The highest BCUT2D eigenvalue weighted by molar-refractivity contribution is 5.89.